The summed E-state index contributed by atoms with van der Waals surface area (Å²) in [6.45, 7) is 5.52. The lowest BCUT2D eigenvalue weighted by Crippen LogP contribution is -2.41. The fraction of sp³-hybridized carbons (Fsp3) is 0.455. The fourth-order valence-electron chi connectivity index (χ4n) is 1.70. The van der Waals surface area contributed by atoms with Crippen molar-refractivity contribution in [3.05, 3.63) is 28.3 Å². The first kappa shape index (κ1) is 14.2. The molecule has 0 amide bonds. The molecule has 6 nitrogen and oxygen atoms in total. The maximum atomic E-state index is 12.3. The largest absolute Gasteiger partial charge is 0.258 e. The molecule has 8 heteroatoms. The maximum absolute atomic E-state index is 12.3. The van der Waals surface area contributed by atoms with Crippen molar-refractivity contribution in [3.63, 3.8) is 0 Å². The number of aromatic nitrogens is 3. The summed E-state index contributed by atoms with van der Waals surface area (Å²) in [6.07, 6.45) is 3.19. The van der Waals surface area contributed by atoms with Gasteiger partial charge in [0, 0.05) is 18.1 Å². The molecule has 0 aliphatic rings. The van der Waals surface area contributed by atoms with E-state index in [1.54, 1.807) is 27.1 Å². The zero-order chi connectivity index (χ0) is 14.3. The van der Waals surface area contributed by atoms with Gasteiger partial charge in [0.1, 0.15) is 5.01 Å². The van der Waals surface area contributed by atoms with Crippen molar-refractivity contribution in [2.75, 3.05) is 0 Å². The summed E-state index contributed by atoms with van der Waals surface area (Å²) in [5, 5.41) is 4.74. The van der Waals surface area contributed by atoms with Gasteiger partial charge in [-0.1, -0.05) is 0 Å². The van der Waals surface area contributed by atoms with Gasteiger partial charge in [-0.25, -0.2) is 13.4 Å². The van der Waals surface area contributed by atoms with Gasteiger partial charge in [0.2, 0.25) is 0 Å². The normalized spacial score (nSPS) is 12.8. The van der Waals surface area contributed by atoms with E-state index in [4.69, 9.17) is 0 Å². The van der Waals surface area contributed by atoms with Crippen molar-refractivity contribution in [1.82, 2.24) is 19.5 Å². The minimum absolute atomic E-state index is 0.133. The molecule has 2 rings (SSSR count). The fourth-order valence-corrected chi connectivity index (χ4v) is 4.10. The number of sulfonamides is 1. The van der Waals surface area contributed by atoms with Crippen LogP contribution in [0.2, 0.25) is 0 Å². The van der Waals surface area contributed by atoms with Crippen LogP contribution in [0.1, 0.15) is 23.7 Å². The van der Waals surface area contributed by atoms with E-state index < -0.39 is 15.6 Å². The van der Waals surface area contributed by atoms with E-state index in [1.165, 1.54) is 28.3 Å². The van der Waals surface area contributed by atoms with E-state index in [9.17, 15) is 8.42 Å². The molecule has 0 spiro atoms. The van der Waals surface area contributed by atoms with Crippen molar-refractivity contribution in [2.24, 2.45) is 7.05 Å². The number of nitrogens with one attached hydrogen (secondary N) is 1. The van der Waals surface area contributed by atoms with Crippen molar-refractivity contribution in [2.45, 2.75) is 31.3 Å². The van der Waals surface area contributed by atoms with Gasteiger partial charge in [0.05, 0.1) is 11.7 Å². The molecule has 0 aliphatic heterocycles. The van der Waals surface area contributed by atoms with Crippen LogP contribution < -0.4 is 4.72 Å². The van der Waals surface area contributed by atoms with E-state index in [-0.39, 0.29) is 5.03 Å². The molecule has 2 aromatic rings. The second-order valence-corrected chi connectivity index (χ2v) is 7.66. The maximum Gasteiger partial charge on any atom is 0.258 e. The Labute approximate surface area is 116 Å². The molecule has 2 heterocycles. The van der Waals surface area contributed by atoms with Crippen molar-refractivity contribution in [3.8, 4) is 0 Å². The first-order valence-electron chi connectivity index (χ1n) is 5.67. The van der Waals surface area contributed by atoms with E-state index in [0.29, 0.717) is 0 Å². The molecule has 0 unspecified atom stereocenters. The number of rotatable bonds is 4. The van der Waals surface area contributed by atoms with Gasteiger partial charge >= 0.3 is 0 Å². The predicted molar refractivity (Wildman–Crippen MR) is 73.4 cm³/mol. The van der Waals surface area contributed by atoms with Crippen LogP contribution in [0.25, 0.3) is 0 Å². The smallest absolute Gasteiger partial charge is 0.256 e. The van der Waals surface area contributed by atoms with E-state index in [2.05, 4.69) is 14.8 Å². The Morgan fingerprint density at radius 2 is 2.11 bits per heavy atom. The third-order valence-corrected chi connectivity index (χ3v) is 5.56. The Hall–Kier alpha value is -1.25. The Morgan fingerprint density at radius 1 is 1.42 bits per heavy atom. The highest BCUT2D eigenvalue weighted by molar-refractivity contribution is 7.89. The summed E-state index contributed by atoms with van der Waals surface area (Å²) in [7, 11) is -2.03. The minimum Gasteiger partial charge on any atom is -0.256 e. The Balaban J connectivity index is 2.32. The first-order chi connectivity index (χ1) is 8.72. The van der Waals surface area contributed by atoms with Crippen LogP contribution in [-0.2, 0) is 22.6 Å². The van der Waals surface area contributed by atoms with Gasteiger partial charge in [-0.2, -0.15) is 9.82 Å². The van der Waals surface area contributed by atoms with E-state index in [1.807, 2.05) is 6.92 Å². The quantitative estimate of drug-likeness (QED) is 0.926. The molecule has 1 N–H and O–H groups in total. The molecule has 0 aromatic carbocycles. The zero-order valence-electron chi connectivity index (χ0n) is 11.2. The molecule has 0 saturated carbocycles. The standard InChI is InChI=1S/C11H16N4O2S2/c1-8-7-12-10(18-8)11(2,3)14-19(16,17)9-5-6-13-15(9)4/h5-7,14H,1-4H3. The third-order valence-electron chi connectivity index (χ3n) is 2.60. The van der Waals surface area contributed by atoms with Crippen molar-refractivity contribution in [1.29, 1.82) is 0 Å². The summed E-state index contributed by atoms with van der Waals surface area (Å²) in [5.41, 5.74) is -0.762. The number of nitrogens with zero attached hydrogens (tertiary/aromatic N) is 3. The molecule has 0 aliphatic carbocycles. The van der Waals surface area contributed by atoms with Crippen LogP contribution in [0.15, 0.2) is 23.5 Å². The number of thiazole rings is 1. The van der Waals surface area contributed by atoms with Crippen LogP contribution in [0.5, 0.6) is 0 Å². The molecule has 0 bridgehead atoms. The average Bonchev–Trinajstić information content (AvgIpc) is 2.85. The van der Waals surface area contributed by atoms with Gasteiger partial charge < -0.3 is 0 Å². The summed E-state index contributed by atoms with van der Waals surface area (Å²) in [6, 6.07) is 1.46. The molecule has 0 fully saturated rings. The molecule has 0 saturated heterocycles. The highest BCUT2D eigenvalue weighted by Gasteiger charge is 2.31. The van der Waals surface area contributed by atoms with Crippen LogP contribution >= 0.6 is 11.3 Å². The topological polar surface area (TPSA) is 76.9 Å². The first-order valence-corrected chi connectivity index (χ1v) is 7.97. The molecule has 19 heavy (non-hydrogen) atoms. The van der Waals surface area contributed by atoms with Crippen LogP contribution in [0.4, 0.5) is 0 Å². The van der Waals surface area contributed by atoms with Gasteiger partial charge in [0.25, 0.3) is 10.0 Å². The molecule has 0 radical (unpaired) electrons. The minimum atomic E-state index is -3.63. The number of aryl methyl sites for hydroxylation is 2. The monoisotopic (exact) mass is 300 g/mol. The lowest BCUT2D eigenvalue weighted by atomic mass is 10.1. The molecule has 104 valence electrons. The molecular weight excluding hydrogens is 284 g/mol. The summed E-state index contributed by atoms with van der Waals surface area (Å²) in [4.78, 5) is 5.29. The van der Waals surface area contributed by atoms with Gasteiger partial charge in [-0.05, 0) is 26.8 Å². The van der Waals surface area contributed by atoms with Gasteiger partial charge in [0.15, 0.2) is 5.03 Å². The molecule has 2 aromatic heterocycles. The van der Waals surface area contributed by atoms with E-state index >= 15 is 0 Å². The summed E-state index contributed by atoms with van der Waals surface area (Å²) in [5.74, 6) is 0. The highest BCUT2D eigenvalue weighted by atomic mass is 32.2. The summed E-state index contributed by atoms with van der Waals surface area (Å²) >= 11 is 1.48. The van der Waals surface area contributed by atoms with Gasteiger partial charge in [-0.3, -0.25) is 4.68 Å². The van der Waals surface area contributed by atoms with Crippen LogP contribution in [0.3, 0.4) is 0 Å². The Morgan fingerprint density at radius 3 is 2.58 bits per heavy atom. The number of hydrogen-bond acceptors (Lipinski definition) is 5. The Bertz CT molecular complexity index is 685. The van der Waals surface area contributed by atoms with Crippen molar-refractivity contribution >= 4 is 21.4 Å². The van der Waals surface area contributed by atoms with Crippen LogP contribution in [0, 0.1) is 6.92 Å². The van der Waals surface area contributed by atoms with Gasteiger partial charge in [-0.15, -0.1) is 11.3 Å². The van der Waals surface area contributed by atoms with E-state index in [0.717, 1.165) is 9.88 Å². The lowest BCUT2D eigenvalue weighted by molar-refractivity contribution is 0.464. The number of hydrogen-bond donors (Lipinski definition) is 1. The SMILES string of the molecule is Cc1cnc(C(C)(C)NS(=O)(=O)c2ccnn2C)s1. The second kappa shape index (κ2) is 4.69. The molecular formula is C11H16N4O2S2. The lowest BCUT2D eigenvalue weighted by Gasteiger charge is -2.23. The predicted octanol–water partition coefficient (Wildman–Crippen LogP) is 1.40. The highest BCUT2D eigenvalue weighted by Crippen LogP contribution is 2.26. The Kier molecular flexibility index (Phi) is 3.50. The second-order valence-electron chi connectivity index (χ2n) is 4.80. The average molecular weight is 300 g/mol. The zero-order valence-corrected chi connectivity index (χ0v) is 12.8. The van der Waals surface area contributed by atoms with Crippen LogP contribution in [-0.4, -0.2) is 23.2 Å². The molecule has 0 atom stereocenters. The van der Waals surface area contributed by atoms with Crippen molar-refractivity contribution < 1.29 is 8.42 Å². The third kappa shape index (κ3) is 2.85. The summed E-state index contributed by atoms with van der Waals surface area (Å²) < 4.78 is 28.6.